The molecule has 3 aliphatic rings. The molecule has 0 aliphatic carbocycles. The molecule has 2 amide bonds. The lowest BCUT2D eigenvalue weighted by Crippen LogP contribution is -2.49. The van der Waals surface area contributed by atoms with Crippen molar-refractivity contribution in [1.29, 1.82) is 0 Å². The van der Waals surface area contributed by atoms with Crippen LogP contribution in [0.15, 0.2) is 42.5 Å². The molecule has 2 saturated heterocycles. The van der Waals surface area contributed by atoms with E-state index in [4.69, 9.17) is 4.74 Å². The number of aliphatic hydroxyl groups is 1. The first-order valence-corrected chi connectivity index (χ1v) is 12.0. The lowest BCUT2D eigenvalue weighted by molar-refractivity contribution is -0.00717. The van der Waals surface area contributed by atoms with Crippen molar-refractivity contribution in [3.8, 4) is 0 Å². The van der Waals surface area contributed by atoms with E-state index in [9.17, 15) is 23.5 Å². The molecule has 4 atom stereocenters. The van der Waals surface area contributed by atoms with Crippen LogP contribution < -0.4 is 10.6 Å². The quantitative estimate of drug-likeness (QED) is 0.585. The first kappa shape index (κ1) is 23.8. The van der Waals surface area contributed by atoms with E-state index in [1.54, 1.807) is 4.90 Å². The standard InChI is InChI=1S/C26H29F2N3O4/c27-24(28)21-9-16(26(34)31-18-6-7-19(31)14-35-13-18)5-8-20(21)25(33)30-12-23(32)22-10-15-3-1-2-4-17(15)11-29-22/h1-5,8-9,18-19,22-24,29,32H,6-7,10-14H2,(H,30,33)/t18?,19?,22-,23?/m0/s1. The topological polar surface area (TPSA) is 90.9 Å². The summed E-state index contributed by atoms with van der Waals surface area (Å²) >= 11 is 0. The van der Waals surface area contributed by atoms with Crippen molar-refractivity contribution in [2.45, 2.75) is 56.5 Å². The Hall–Kier alpha value is -2.88. The van der Waals surface area contributed by atoms with E-state index >= 15 is 0 Å². The molecule has 0 spiro atoms. The van der Waals surface area contributed by atoms with Crippen molar-refractivity contribution in [2.75, 3.05) is 19.8 Å². The van der Waals surface area contributed by atoms with Gasteiger partial charge in [0.05, 0.1) is 31.4 Å². The zero-order valence-corrected chi connectivity index (χ0v) is 19.3. The number of nitrogens with zero attached hydrogens (tertiary/aromatic N) is 1. The number of amides is 2. The fourth-order valence-corrected chi connectivity index (χ4v) is 5.38. The third-order valence-corrected chi connectivity index (χ3v) is 7.30. The Kier molecular flexibility index (Phi) is 6.82. The van der Waals surface area contributed by atoms with Crippen LogP contribution in [-0.4, -0.2) is 65.8 Å². The molecule has 2 fully saturated rings. The summed E-state index contributed by atoms with van der Waals surface area (Å²) in [7, 11) is 0. The summed E-state index contributed by atoms with van der Waals surface area (Å²) in [5.41, 5.74) is 1.75. The Bertz CT molecular complexity index is 1100. The van der Waals surface area contributed by atoms with Crippen LogP contribution in [0.2, 0.25) is 0 Å². The smallest absolute Gasteiger partial charge is 0.264 e. The van der Waals surface area contributed by atoms with Crippen LogP contribution in [0.4, 0.5) is 8.78 Å². The van der Waals surface area contributed by atoms with Gasteiger partial charge in [-0.2, -0.15) is 0 Å². The number of morpholine rings is 1. The van der Waals surface area contributed by atoms with Crippen LogP contribution in [0.3, 0.4) is 0 Å². The van der Waals surface area contributed by atoms with Crippen LogP contribution in [-0.2, 0) is 17.7 Å². The summed E-state index contributed by atoms with van der Waals surface area (Å²) < 4.78 is 33.3. The minimum atomic E-state index is -2.92. The lowest BCUT2D eigenvalue weighted by atomic mass is 9.93. The fourth-order valence-electron chi connectivity index (χ4n) is 5.38. The molecule has 3 aliphatic heterocycles. The molecular formula is C26H29F2N3O4. The summed E-state index contributed by atoms with van der Waals surface area (Å²) in [6.45, 7) is 1.43. The van der Waals surface area contributed by atoms with Gasteiger partial charge in [-0.25, -0.2) is 8.78 Å². The lowest BCUT2D eigenvalue weighted by Gasteiger charge is -2.34. The average Bonchev–Trinajstić information content (AvgIpc) is 3.13. The second kappa shape index (κ2) is 10.0. The van der Waals surface area contributed by atoms with E-state index in [1.165, 1.54) is 17.7 Å². The maximum atomic E-state index is 13.9. The van der Waals surface area contributed by atoms with E-state index in [1.807, 2.05) is 24.3 Å². The summed E-state index contributed by atoms with van der Waals surface area (Å²) in [5, 5.41) is 16.4. The summed E-state index contributed by atoms with van der Waals surface area (Å²) in [5.74, 6) is -1.02. The van der Waals surface area contributed by atoms with Gasteiger partial charge in [-0.15, -0.1) is 0 Å². The maximum absolute atomic E-state index is 13.9. The Morgan fingerprint density at radius 3 is 2.54 bits per heavy atom. The van der Waals surface area contributed by atoms with Crippen LogP contribution in [0.1, 0.15) is 56.7 Å². The van der Waals surface area contributed by atoms with E-state index in [2.05, 4.69) is 10.6 Å². The number of halogens is 2. The van der Waals surface area contributed by atoms with Gasteiger partial charge in [0.2, 0.25) is 0 Å². The Balaban J connectivity index is 1.25. The van der Waals surface area contributed by atoms with Gasteiger partial charge in [0, 0.05) is 35.8 Å². The van der Waals surface area contributed by atoms with Gasteiger partial charge in [-0.3, -0.25) is 9.59 Å². The first-order chi connectivity index (χ1) is 16.9. The minimum Gasteiger partial charge on any atom is -0.390 e. The minimum absolute atomic E-state index is 0.0407. The summed E-state index contributed by atoms with van der Waals surface area (Å²) in [6.07, 6.45) is -1.54. The van der Waals surface area contributed by atoms with Crippen molar-refractivity contribution in [3.05, 3.63) is 70.3 Å². The first-order valence-electron chi connectivity index (χ1n) is 12.0. The van der Waals surface area contributed by atoms with Gasteiger partial charge in [-0.05, 0) is 48.6 Å². The van der Waals surface area contributed by atoms with E-state index < -0.39 is 24.0 Å². The van der Waals surface area contributed by atoms with Crippen molar-refractivity contribution in [2.24, 2.45) is 0 Å². The average molecular weight is 486 g/mol. The highest BCUT2D eigenvalue weighted by Crippen LogP contribution is 2.32. The molecule has 35 heavy (non-hydrogen) atoms. The van der Waals surface area contributed by atoms with Crippen LogP contribution in [0.5, 0.6) is 0 Å². The molecule has 9 heteroatoms. The maximum Gasteiger partial charge on any atom is 0.264 e. The van der Waals surface area contributed by atoms with E-state index in [0.717, 1.165) is 24.5 Å². The van der Waals surface area contributed by atoms with Gasteiger partial charge in [0.1, 0.15) is 0 Å². The van der Waals surface area contributed by atoms with E-state index in [-0.39, 0.29) is 41.7 Å². The van der Waals surface area contributed by atoms with Crippen LogP contribution in [0, 0.1) is 0 Å². The number of carbonyl (C=O) groups is 2. The molecule has 2 aromatic rings. The van der Waals surface area contributed by atoms with Gasteiger partial charge < -0.3 is 25.4 Å². The molecule has 5 rings (SSSR count). The number of hydrogen-bond donors (Lipinski definition) is 3. The highest BCUT2D eigenvalue weighted by molar-refractivity contribution is 5.99. The molecule has 0 radical (unpaired) electrons. The second-order valence-electron chi connectivity index (χ2n) is 9.48. The van der Waals surface area contributed by atoms with Gasteiger partial charge >= 0.3 is 0 Å². The van der Waals surface area contributed by atoms with Gasteiger partial charge in [0.25, 0.3) is 18.2 Å². The zero-order valence-electron chi connectivity index (χ0n) is 19.3. The molecule has 2 bridgehead atoms. The third kappa shape index (κ3) is 4.80. The molecule has 2 aromatic carbocycles. The molecule has 7 nitrogen and oxygen atoms in total. The number of aliphatic hydroxyl groups excluding tert-OH is 1. The number of fused-ring (bicyclic) bond motifs is 3. The van der Waals surface area contributed by atoms with Crippen LogP contribution in [0.25, 0.3) is 0 Å². The zero-order chi connectivity index (χ0) is 24.5. The second-order valence-corrected chi connectivity index (χ2v) is 9.48. The third-order valence-electron chi connectivity index (χ3n) is 7.30. The largest absolute Gasteiger partial charge is 0.390 e. The normalized spacial score (nSPS) is 24.2. The van der Waals surface area contributed by atoms with Gasteiger partial charge in [0.15, 0.2) is 0 Å². The van der Waals surface area contributed by atoms with Crippen molar-refractivity contribution < 1.29 is 28.2 Å². The number of benzene rings is 2. The van der Waals surface area contributed by atoms with Crippen molar-refractivity contribution in [1.82, 2.24) is 15.5 Å². The Morgan fingerprint density at radius 2 is 1.83 bits per heavy atom. The number of alkyl halides is 2. The SMILES string of the molecule is O=C(NCC(O)[C@@H]1Cc2ccccc2CN1)c1ccc(C(=O)N2C3CCC2COC3)cc1C(F)F. The highest BCUT2D eigenvalue weighted by atomic mass is 19.3. The van der Waals surface area contributed by atoms with E-state index in [0.29, 0.717) is 26.2 Å². The van der Waals surface area contributed by atoms with Crippen LogP contribution >= 0.6 is 0 Å². The molecule has 186 valence electrons. The number of hydrogen-bond acceptors (Lipinski definition) is 5. The van der Waals surface area contributed by atoms with Crippen molar-refractivity contribution >= 4 is 11.8 Å². The summed E-state index contributed by atoms with van der Waals surface area (Å²) in [4.78, 5) is 27.6. The molecule has 3 heterocycles. The molecule has 0 saturated carbocycles. The highest BCUT2D eigenvalue weighted by Gasteiger charge is 2.41. The number of rotatable bonds is 6. The number of ether oxygens (including phenoxy) is 1. The predicted octanol–water partition coefficient (Wildman–Crippen LogP) is 2.43. The Labute approximate surface area is 202 Å². The molecule has 3 N–H and O–H groups in total. The van der Waals surface area contributed by atoms with Gasteiger partial charge in [-0.1, -0.05) is 24.3 Å². The number of nitrogens with one attached hydrogen (secondary N) is 2. The molecule has 0 aromatic heterocycles. The molecular weight excluding hydrogens is 456 g/mol. The monoisotopic (exact) mass is 485 g/mol. The summed E-state index contributed by atoms with van der Waals surface area (Å²) in [6, 6.07) is 11.4. The number of carbonyl (C=O) groups excluding carboxylic acids is 2. The molecule has 3 unspecified atom stereocenters. The fraction of sp³-hybridized carbons (Fsp3) is 0.462. The Morgan fingerprint density at radius 1 is 1.11 bits per heavy atom. The predicted molar refractivity (Wildman–Crippen MR) is 124 cm³/mol. The van der Waals surface area contributed by atoms with Crippen molar-refractivity contribution in [3.63, 3.8) is 0 Å².